The predicted octanol–water partition coefficient (Wildman–Crippen LogP) is 2.30. The Labute approximate surface area is 146 Å². The number of carbonyl (C=O) groups excluding carboxylic acids is 1. The van der Waals surface area contributed by atoms with E-state index in [2.05, 4.69) is 9.97 Å². The van der Waals surface area contributed by atoms with E-state index in [1.165, 1.54) is 0 Å². The number of likely N-dealkylation sites (tertiary alicyclic amines) is 1. The Morgan fingerprint density at radius 1 is 1.32 bits per heavy atom. The van der Waals surface area contributed by atoms with E-state index < -0.39 is 0 Å². The van der Waals surface area contributed by atoms with Gasteiger partial charge in [-0.2, -0.15) is 0 Å². The van der Waals surface area contributed by atoms with Crippen molar-refractivity contribution in [1.29, 1.82) is 0 Å². The molecule has 6 nitrogen and oxygen atoms in total. The lowest BCUT2D eigenvalue weighted by Crippen LogP contribution is -2.34. The lowest BCUT2D eigenvalue weighted by atomic mass is 10.0. The van der Waals surface area contributed by atoms with Crippen LogP contribution in [0.1, 0.15) is 41.5 Å². The number of aromatic nitrogens is 2. The fourth-order valence-corrected chi connectivity index (χ4v) is 3.45. The van der Waals surface area contributed by atoms with Crippen LogP contribution >= 0.6 is 0 Å². The second kappa shape index (κ2) is 7.09. The molecular formula is C19H23N3O3. The van der Waals surface area contributed by atoms with E-state index in [4.69, 9.17) is 4.74 Å². The van der Waals surface area contributed by atoms with Crippen molar-refractivity contribution in [3.8, 4) is 5.75 Å². The molecule has 3 rings (SSSR count). The van der Waals surface area contributed by atoms with Crippen LogP contribution in [0.15, 0.2) is 29.1 Å². The maximum atomic E-state index is 12.8. The van der Waals surface area contributed by atoms with Crippen molar-refractivity contribution in [3.63, 3.8) is 0 Å². The first-order valence-electron chi connectivity index (χ1n) is 8.49. The number of aromatic amines is 1. The number of H-pyrrole nitrogens is 1. The molecule has 2 aromatic rings. The summed E-state index contributed by atoms with van der Waals surface area (Å²) in [6.07, 6.45) is 1.98. The Morgan fingerprint density at radius 2 is 2.04 bits per heavy atom. The van der Waals surface area contributed by atoms with Crippen molar-refractivity contribution in [2.45, 2.75) is 39.2 Å². The number of methoxy groups -OCH3 is 1. The Hall–Kier alpha value is -2.63. The van der Waals surface area contributed by atoms with E-state index in [-0.39, 0.29) is 23.9 Å². The molecule has 0 spiro atoms. The van der Waals surface area contributed by atoms with Gasteiger partial charge in [0.1, 0.15) is 11.6 Å². The molecule has 0 aliphatic carbocycles. The van der Waals surface area contributed by atoms with Crippen LogP contribution in [0, 0.1) is 13.8 Å². The first-order chi connectivity index (χ1) is 12.0. The van der Waals surface area contributed by atoms with Crippen molar-refractivity contribution in [2.75, 3.05) is 13.7 Å². The lowest BCUT2D eigenvalue weighted by molar-refractivity contribution is -0.131. The first-order valence-corrected chi connectivity index (χ1v) is 8.49. The molecule has 1 fully saturated rings. The van der Waals surface area contributed by atoms with E-state index in [0.29, 0.717) is 23.6 Å². The smallest absolute Gasteiger partial charge is 0.254 e. The Balaban J connectivity index is 1.80. The molecule has 0 bridgehead atoms. The van der Waals surface area contributed by atoms with Gasteiger partial charge >= 0.3 is 0 Å². The number of benzene rings is 1. The van der Waals surface area contributed by atoms with Gasteiger partial charge in [-0.15, -0.1) is 0 Å². The molecule has 1 amide bonds. The van der Waals surface area contributed by atoms with Gasteiger partial charge in [-0.1, -0.05) is 12.1 Å². The van der Waals surface area contributed by atoms with Crippen LogP contribution in [-0.4, -0.2) is 34.4 Å². The van der Waals surface area contributed by atoms with Crippen molar-refractivity contribution in [2.24, 2.45) is 0 Å². The van der Waals surface area contributed by atoms with Crippen LogP contribution in [0.5, 0.6) is 5.75 Å². The summed E-state index contributed by atoms with van der Waals surface area (Å²) in [4.78, 5) is 33.8. The second-order valence-electron chi connectivity index (χ2n) is 6.41. The molecule has 1 aromatic heterocycles. The monoisotopic (exact) mass is 341 g/mol. The zero-order valence-corrected chi connectivity index (χ0v) is 14.8. The molecule has 0 radical (unpaired) electrons. The largest absolute Gasteiger partial charge is 0.497 e. The number of carbonyl (C=O) groups is 1. The highest BCUT2D eigenvalue weighted by atomic mass is 16.5. The van der Waals surface area contributed by atoms with Gasteiger partial charge in [0.25, 0.3) is 5.56 Å². The zero-order valence-electron chi connectivity index (χ0n) is 14.8. The summed E-state index contributed by atoms with van der Waals surface area (Å²) in [6, 6.07) is 7.88. The van der Waals surface area contributed by atoms with Crippen LogP contribution in [0.4, 0.5) is 0 Å². The molecule has 1 saturated heterocycles. The number of rotatable bonds is 4. The van der Waals surface area contributed by atoms with E-state index in [9.17, 15) is 9.59 Å². The molecule has 132 valence electrons. The molecule has 0 unspecified atom stereocenters. The standard InChI is InChI=1S/C19H23N3O3/c1-12-16(19(24)21-13(2)20-12)11-18(23)22-10-4-5-17(22)14-6-8-15(25-3)9-7-14/h6-9,17H,4-5,10-11H2,1-3H3,(H,20,21,24)/t17-/m1/s1. The third-order valence-corrected chi connectivity index (χ3v) is 4.74. The van der Waals surface area contributed by atoms with Crippen LogP contribution in [0.25, 0.3) is 0 Å². The predicted molar refractivity (Wildman–Crippen MR) is 94.7 cm³/mol. The summed E-state index contributed by atoms with van der Waals surface area (Å²) in [6.45, 7) is 4.22. The van der Waals surface area contributed by atoms with Crippen LogP contribution in [0.3, 0.4) is 0 Å². The normalized spacial score (nSPS) is 16.9. The summed E-state index contributed by atoms with van der Waals surface area (Å²) in [5.41, 5.74) is 1.95. The van der Waals surface area contributed by atoms with E-state index in [0.717, 1.165) is 24.2 Å². The average molecular weight is 341 g/mol. The van der Waals surface area contributed by atoms with Crippen molar-refractivity contribution in [3.05, 3.63) is 57.3 Å². The summed E-state index contributed by atoms with van der Waals surface area (Å²) in [5, 5.41) is 0. The minimum absolute atomic E-state index is 0.0300. The van der Waals surface area contributed by atoms with Crippen LogP contribution in [0.2, 0.25) is 0 Å². The zero-order chi connectivity index (χ0) is 18.0. The summed E-state index contributed by atoms with van der Waals surface area (Å²) in [7, 11) is 1.63. The third-order valence-electron chi connectivity index (χ3n) is 4.74. The van der Waals surface area contributed by atoms with Gasteiger partial charge < -0.3 is 14.6 Å². The lowest BCUT2D eigenvalue weighted by Gasteiger charge is -2.25. The molecule has 1 aliphatic rings. The topological polar surface area (TPSA) is 75.3 Å². The van der Waals surface area contributed by atoms with Gasteiger partial charge in [-0.3, -0.25) is 9.59 Å². The number of aryl methyl sites for hydroxylation is 2. The molecule has 2 heterocycles. The molecule has 1 aromatic carbocycles. The summed E-state index contributed by atoms with van der Waals surface area (Å²) in [5.74, 6) is 1.33. The van der Waals surface area contributed by atoms with E-state index >= 15 is 0 Å². The molecule has 0 saturated carbocycles. The van der Waals surface area contributed by atoms with E-state index in [1.807, 2.05) is 29.2 Å². The van der Waals surface area contributed by atoms with Gasteiger partial charge in [-0.05, 0) is 44.4 Å². The van der Waals surface area contributed by atoms with Crippen molar-refractivity contribution in [1.82, 2.24) is 14.9 Å². The van der Waals surface area contributed by atoms with Crippen LogP contribution in [-0.2, 0) is 11.2 Å². The van der Waals surface area contributed by atoms with Crippen molar-refractivity contribution < 1.29 is 9.53 Å². The third kappa shape index (κ3) is 3.57. The van der Waals surface area contributed by atoms with Gasteiger partial charge in [-0.25, -0.2) is 4.98 Å². The average Bonchev–Trinajstić information content (AvgIpc) is 3.07. The molecule has 6 heteroatoms. The van der Waals surface area contributed by atoms with Gasteiger partial charge in [0.15, 0.2) is 0 Å². The minimum Gasteiger partial charge on any atom is -0.497 e. The van der Waals surface area contributed by atoms with Crippen molar-refractivity contribution >= 4 is 5.91 Å². The summed E-state index contributed by atoms with van der Waals surface area (Å²) < 4.78 is 5.20. The number of nitrogens with zero attached hydrogens (tertiary/aromatic N) is 2. The molecule has 1 N–H and O–H groups in total. The Bertz CT molecular complexity index is 827. The minimum atomic E-state index is -0.224. The fraction of sp³-hybridized carbons (Fsp3) is 0.421. The SMILES string of the molecule is COc1ccc([C@H]2CCCN2C(=O)Cc2c(C)nc(C)[nH]c2=O)cc1. The first kappa shape index (κ1) is 17.2. The van der Waals surface area contributed by atoms with Gasteiger partial charge in [0.05, 0.1) is 19.6 Å². The Morgan fingerprint density at radius 3 is 2.68 bits per heavy atom. The Kier molecular flexibility index (Phi) is 4.88. The maximum Gasteiger partial charge on any atom is 0.254 e. The quantitative estimate of drug-likeness (QED) is 0.926. The number of amides is 1. The second-order valence-corrected chi connectivity index (χ2v) is 6.41. The highest BCUT2D eigenvalue weighted by Gasteiger charge is 2.30. The highest BCUT2D eigenvalue weighted by molar-refractivity contribution is 5.79. The molecule has 1 aliphatic heterocycles. The fourth-order valence-electron chi connectivity index (χ4n) is 3.45. The molecule has 1 atom stereocenters. The number of nitrogens with one attached hydrogen (secondary N) is 1. The highest BCUT2D eigenvalue weighted by Crippen LogP contribution is 2.33. The summed E-state index contributed by atoms with van der Waals surface area (Å²) >= 11 is 0. The van der Waals surface area contributed by atoms with Gasteiger partial charge in [0, 0.05) is 17.8 Å². The number of ether oxygens (including phenoxy) is 1. The van der Waals surface area contributed by atoms with Gasteiger partial charge in [0.2, 0.25) is 5.91 Å². The van der Waals surface area contributed by atoms with Crippen LogP contribution < -0.4 is 10.3 Å². The molecular weight excluding hydrogens is 318 g/mol. The molecule has 25 heavy (non-hydrogen) atoms. The number of hydrogen-bond acceptors (Lipinski definition) is 4. The number of hydrogen-bond donors (Lipinski definition) is 1. The van der Waals surface area contributed by atoms with E-state index in [1.54, 1.807) is 21.0 Å². The maximum absolute atomic E-state index is 12.8.